The predicted octanol–water partition coefficient (Wildman–Crippen LogP) is 3.01. The SMILES string of the molecule is CCOCCC1(CNC(=NC)NCCN(C)C2CCCC2)CCCC1. The highest BCUT2D eigenvalue weighted by atomic mass is 16.5. The first-order valence-corrected chi connectivity index (χ1v) is 10.4. The van der Waals surface area contributed by atoms with E-state index < -0.39 is 0 Å². The summed E-state index contributed by atoms with van der Waals surface area (Å²) in [4.78, 5) is 6.92. The number of rotatable bonds is 10. The van der Waals surface area contributed by atoms with Crippen molar-refractivity contribution in [2.75, 3.05) is 46.9 Å². The minimum atomic E-state index is 0.396. The maximum Gasteiger partial charge on any atom is 0.191 e. The third-order valence-electron chi connectivity index (χ3n) is 6.20. The summed E-state index contributed by atoms with van der Waals surface area (Å²) in [5.74, 6) is 0.947. The van der Waals surface area contributed by atoms with E-state index >= 15 is 0 Å². The zero-order valence-electron chi connectivity index (χ0n) is 16.8. The summed E-state index contributed by atoms with van der Waals surface area (Å²) in [6.07, 6.45) is 12.0. The van der Waals surface area contributed by atoms with Crippen LogP contribution in [0.1, 0.15) is 64.7 Å². The monoisotopic (exact) mass is 352 g/mol. The highest BCUT2D eigenvalue weighted by Gasteiger charge is 2.33. The Morgan fingerprint density at radius 1 is 1.16 bits per heavy atom. The van der Waals surface area contributed by atoms with Gasteiger partial charge in [0.15, 0.2) is 5.96 Å². The van der Waals surface area contributed by atoms with Crippen molar-refractivity contribution in [3.63, 3.8) is 0 Å². The molecule has 2 rings (SSSR count). The van der Waals surface area contributed by atoms with Crippen LogP contribution in [0.15, 0.2) is 4.99 Å². The van der Waals surface area contributed by atoms with Gasteiger partial charge in [0.2, 0.25) is 0 Å². The van der Waals surface area contributed by atoms with Gasteiger partial charge in [0, 0.05) is 45.9 Å². The Balaban J connectivity index is 1.69. The van der Waals surface area contributed by atoms with Crippen LogP contribution in [-0.4, -0.2) is 63.8 Å². The first-order chi connectivity index (χ1) is 12.2. The van der Waals surface area contributed by atoms with Gasteiger partial charge in [0.25, 0.3) is 0 Å². The van der Waals surface area contributed by atoms with Crippen molar-refractivity contribution in [1.29, 1.82) is 0 Å². The van der Waals surface area contributed by atoms with Crippen molar-refractivity contribution >= 4 is 5.96 Å². The van der Waals surface area contributed by atoms with E-state index in [9.17, 15) is 0 Å². The summed E-state index contributed by atoms with van der Waals surface area (Å²) in [5.41, 5.74) is 0.396. The second-order valence-corrected chi connectivity index (χ2v) is 7.93. The predicted molar refractivity (Wildman–Crippen MR) is 106 cm³/mol. The van der Waals surface area contributed by atoms with Gasteiger partial charge in [-0.2, -0.15) is 0 Å². The smallest absolute Gasteiger partial charge is 0.191 e. The summed E-state index contributed by atoms with van der Waals surface area (Å²) >= 11 is 0. The molecule has 0 aromatic rings. The molecule has 2 aliphatic rings. The lowest BCUT2D eigenvalue weighted by atomic mass is 9.83. The molecule has 0 heterocycles. The molecule has 0 amide bonds. The van der Waals surface area contributed by atoms with Gasteiger partial charge >= 0.3 is 0 Å². The maximum atomic E-state index is 5.61. The topological polar surface area (TPSA) is 48.9 Å². The molecule has 2 aliphatic carbocycles. The highest BCUT2D eigenvalue weighted by molar-refractivity contribution is 5.79. The summed E-state index contributed by atoms with van der Waals surface area (Å²) in [6, 6.07) is 0.789. The fraction of sp³-hybridized carbons (Fsp3) is 0.950. The molecule has 0 spiro atoms. The highest BCUT2D eigenvalue weighted by Crippen LogP contribution is 2.40. The molecule has 25 heavy (non-hydrogen) atoms. The van der Waals surface area contributed by atoms with E-state index in [1.54, 1.807) is 0 Å². The fourth-order valence-corrected chi connectivity index (χ4v) is 4.44. The van der Waals surface area contributed by atoms with E-state index in [2.05, 4.69) is 34.5 Å². The average Bonchev–Trinajstić information content (AvgIpc) is 3.30. The second kappa shape index (κ2) is 11.0. The van der Waals surface area contributed by atoms with Crippen LogP contribution in [0.5, 0.6) is 0 Å². The zero-order valence-corrected chi connectivity index (χ0v) is 16.8. The van der Waals surface area contributed by atoms with E-state index in [1.165, 1.54) is 51.4 Å². The molecule has 5 nitrogen and oxygen atoms in total. The van der Waals surface area contributed by atoms with Crippen molar-refractivity contribution < 1.29 is 4.74 Å². The molecule has 5 heteroatoms. The molecule has 0 bridgehead atoms. The van der Waals surface area contributed by atoms with Crippen LogP contribution in [0.3, 0.4) is 0 Å². The van der Waals surface area contributed by atoms with Gasteiger partial charge in [0.1, 0.15) is 0 Å². The van der Waals surface area contributed by atoms with Crippen molar-refractivity contribution in [2.45, 2.75) is 70.8 Å². The summed E-state index contributed by atoms with van der Waals surface area (Å²) < 4.78 is 5.61. The Hall–Kier alpha value is -0.810. The number of hydrogen-bond donors (Lipinski definition) is 2. The van der Waals surface area contributed by atoms with E-state index in [0.29, 0.717) is 5.41 Å². The van der Waals surface area contributed by atoms with Crippen molar-refractivity contribution in [3.8, 4) is 0 Å². The molecule has 146 valence electrons. The van der Waals surface area contributed by atoms with Crippen molar-refractivity contribution in [3.05, 3.63) is 0 Å². The van der Waals surface area contributed by atoms with Crippen LogP contribution < -0.4 is 10.6 Å². The van der Waals surface area contributed by atoms with Gasteiger partial charge in [-0.1, -0.05) is 25.7 Å². The molecule has 0 atom stereocenters. The number of guanidine groups is 1. The van der Waals surface area contributed by atoms with Crippen molar-refractivity contribution in [1.82, 2.24) is 15.5 Å². The first-order valence-electron chi connectivity index (χ1n) is 10.4. The largest absolute Gasteiger partial charge is 0.382 e. The lowest BCUT2D eigenvalue weighted by Gasteiger charge is -2.30. The maximum absolute atomic E-state index is 5.61. The van der Waals surface area contributed by atoms with E-state index in [1.807, 2.05) is 7.05 Å². The van der Waals surface area contributed by atoms with Crippen LogP contribution in [0.4, 0.5) is 0 Å². The van der Waals surface area contributed by atoms with E-state index in [4.69, 9.17) is 4.74 Å². The van der Waals surface area contributed by atoms with E-state index in [0.717, 1.165) is 51.3 Å². The minimum Gasteiger partial charge on any atom is -0.382 e. The molecule has 2 saturated carbocycles. The number of nitrogens with zero attached hydrogens (tertiary/aromatic N) is 2. The number of likely N-dealkylation sites (N-methyl/N-ethyl adjacent to an activating group) is 1. The Kier molecular flexibility index (Phi) is 9.04. The van der Waals surface area contributed by atoms with Crippen LogP contribution >= 0.6 is 0 Å². The lowest BCUT2D eigenvalue weighted by molar-refractivity contribution is 0.105. The van der Waals surface area contributed by atoms with E-state index in [-0.39, 0.29) is 0 Å². The molecule has 0 aliphatic heterocycles. The molecule has 2 N–H and O–H groups in total. The van der Waals surface area contributed by atoms with Crippen LogP contribution in [0.2, 0.25) is 0 Å². The number of ether oxygens (including phenoxy) is 1. The minimum absolute atomic E-state index is 0.396. The van der Waals surface area contributed by atoms with Gasteiger partial charge in [0.05, 0.1) is 0 Å². The summed E-state index contributed by atoms with van der Waals surface area (Å²) in [7, 11) is 4.13. The van der Waals surface area contributed by atoms with Crippen LogP contribution in [0, 0.1) is 5.41 Å². The molecular formula is C20H40N4O. The molecule has 0 radical (unpaired) electrons. The quantitative estimate of drug-likeness (QED) is 0.360. The third-order valence-corrected chi connectivity index (χ3v) is 6.20. The fourth-order valence-electron chi connectivity index (χ4n) is 4.44. The van der Waals surface area contributed by atoms with Gasteiger partial charge in [-0.25, -0.2) is 0 Å². The standard InChI is InChI=1S/C20H40N4O/c1-4-25-16-13-20(11-7-8-12-20)17-23-19(21-2)22-14-15-24(3)18-9-5-6-10-18/h18H,4-17H2,1-3H3,(H2,21,22,23). The van der Waals surface area contributed by atoms with Gasteiger partial charge in [-0.15, -0.1) is 0 Å². The number of aliphatic imine (C=N–C) groups is 1. The van der Waals surface area contributed by atoms with Crippen molar-refractivity contribution in [2.24, 2.45) is 10.4 Å². The third kappa shape index (κ3) is 6.78. The normalized spacial score (nSPS) is 21.2. The Bertz CT molecular complexity index is 387. The second-order valence-electron chi connectivity index (χ2n) is 7.93. The summed E-state index contributed by atoms with van der Waals surface area (Å²) in [6.45, 7) is 6.84. The molecule has 2 fully saturated rings. The van der Waals surface area contributed by atoms with Crippen LogP contribution in [0.25, 0.3) is 0 Å². The molecule has 0 unspecified atom stereocenters. The van der Waals surface area contributed by atoms with Crippen LogP contribution in [-0.2, 0) is 4.74 Å². The van der Waals surface area contributed by atoms with Gasteiger partial charge < -0.3 is 20.3 Å². The molecule has 0 saturated heterocycles. The zero-order chi connectivity index (χ0) is 18.0. The Labute approximate surface area is 155 Å². The van der Waals surface area contributed by atoms with Gasteiger partial charge in [-0.3, -0.25) is 4.99 Å². The molecule has 0 aromatic heterocycles. The Morgan fingerprint density at radius 3 is 2.52 bits per heavy atom. The summed E-state index contributed by atoms with van der Waals surface area (Å²) in [5, 5.41) is 7.09. The average molecular weight is 353 g/mol. The number of nitrogens with one attached hydrogen (secondary N) is 2. The Morgan fingerprint density at radius 2 is 1.88 bits per heavy atom. The molecular weight excluding hydrogens is 312 g/mol. The van der Waals surface area contributed by atoms with Gasteiger partial charge in [-0.05, 0) is 51.5 Å². The lowest BCUT2D eigenvalue weighted by Crippen LogP contribution is -2.45. The number of hydrogen-bond acceptors (Lipinski definition) is 3. The molecule has 0 aromatic carbocycles. The first kappa shape index (κ1) is 20.5.